The fourth-order valence-electron chi connectivity index (χ4n) is 5.14. The highest BCUT2D eigenvalue weighted by Gasteiger charge is 2.50. The molecule has 2 aromatic carbocycles. The van der Waals surface area contributed by atoms with Crippen LogP contribution >= 0.6 is 0 Å². The van der Waals surface area contributed by atoms with Crippen molar-refractivity contribution in [2.45, 2.75) is 43.4 Å². The van der Waals surface area contributed by atoms with Gasteiger partial charge in [-0.25, -0.2) is 27.5 Å². The molecule has 33 heavy (non-hydrogen) atoms. The summed E-state index contributed by atoms with van der Waals surface area (Å²) in [5.74, 6) is -4.76. The maximum absolute atomic E-state index is 14.8. The zero-order valence-electron chi connectivity index (χ0n) is 17.2. The largest absolute Gasteiger partial charge is 0.396 e. The minimum atomic E-state index is -3.43. The molecule has 3 atom stereocenters. The number of rotatable bonds is 2. The van der Waals surface area contributed by atoms with Crippen molar-refractivity contribution < 1.29 is 22.7 Å². The molecular weight excluding hydrogens is 436 g/mol. The van der Waals surface area contributed by atoms with Crippen LogP contribution in [-0.2, 0) is 6.42 Å². The molecule has 1 heterocycles. The van der Waals surface area contributed by atoms with Crippen LogP contribution in [-0.4, -0.2) is 21.0 Å². The third-order valence-corrected chi connectivity index (χ3v) is 6.54. The van der Waals surface area contributed by atoms with Gasteiger partial charge in [0.1, 0.15) is 24.4 Å². The van der Waals surface area contributed by atoms with Crippen LogP contribution in [0.1, 0.15) is 64.4 Å². The minimum absolute atomic E-state index is 0.00689. The van der Waals surface area contributed by atoms with E-state index in [9.17, 15) is 27.9 Å². The van der Waals surface area contributed by atoms with Crippen molar-refractivity contribution >= 4 is 5.69 Å². The summed E-state index contributed by atoms with van der Waals surface area (Å²) in [5.41, 5.74) is 7.62. The maximum atomic E-state index is 14.8. The fraction of sp³-hybridized carbons (Fsp3) is 0.292. The average molecular weight is 454 g/mol. The second-order valence-electron chi connectivity index (χ2n) is 8.43. The van der Waals surface area contributed by atoms with Gasteiger partial charge >= 0.3 is 0 Å². The number of nitrogens with two attached hydrogens (primary N) is 1. The number of nitrogen functional groups attached to an aromatic ring is 1. The van der Waals surface area contributed by atoms with Gasteiger partial charge in [0.05, 0.1) is 29.2 Å². The highest BCUT2D eigenvalue weighted by atomic mass is 19.3. The number of aromatic nitrogens is 2. The number of benzene rings is 2. The molecule has 0 amide bonds. The zero-order chi connectivity index (χ0) is 23.5. The standard InChI is InChI=1S/C24H18F4N4O/c25-12-5-11(8-29)20-14(3-4-18(26)16(20)6-12)13-1-2-15(22-19(30)9-31-10-32-22)21-17(13)7-24(27,28)23(21)33/h1-2,5-6,9-10,14,18,23,33H,3-4,7,30H2/t14-,18+,23+/m1/s1. The van der Waals surface area contributed by atoms with Gasteiger partial charge in [0.2, 0.25) is 0 Å². The molecule has 0 aliphatic heterocycles. The van der Waals surface area contributed by atoms with E-state index in [1.807, 2.05) is 6.07 Å². The zero-order valence-corrected chi connectivity index (χ0v) is 17.2. The average Bonchev–Trinajstić information content (AvgIpc) is 3.03. The molecule has 3 aromatic rings. The first-order valence-electron chi connectivity index (χ1n) is 10.4. The van der Waals surface area contributed by atoms with Crippen LogP contribution in [0.2, 0.25) is 0 Å². The highest BCUT2D eigenvalue weighted by molar-refractivity contribution is 5.77. The van der Waals surface area contributed by atoms with Crippen molar-refractivity contribution in [3.8, 4) is 17.3 Å². The Bertz CT molecular complexity index is 1320. The van der Waals surface area contributed by atoms with Crippen molar-refractivity contribution in [1.29, 1.82) is 5.26 Å². The molecule has 1 aromatic heterocycles. The van der Waals surface area contributed by atoms with Gasteiger partial charge in [0.25, 0.3) is 5.92 Å². The summed E-state index contributed by atoms with van der Waals surface area (Å²) in [6, 6.07) is 7.19. The predicted octanol–water partition coefficient (Wildman–Crippen LogP) is 4.90. The van der Waals surface area contributed by atoms with Gasteiger partial charge < -0.3 is 10.8 Å². The molecule has 5 rings (SSSR count). The molecule has 2 aliphatic carbocycles. The summed E-state index contributed by atoms with van der Waals surface area (Å²) in [5, 5.41) is 20.1. The van der Waals surface area contributed by atoms with E-state index in [0.717, 1.165) is 12.1 Å². The summed E-state index contributed by atoms with van der Waals surface area (Å²) >= 11 is 0. The number of nitriles is 1. The number of halogens is 4. The third-order valence-electron chi connectivity index (χ3n) is 6.54. The number of hydrogen-bond donors (Lipinski definition) is 2. The molecule has 3 N–H and O–H groups in total. The van der Waals surface area contributed by atoms with Crippen molar-refractivity contribution in [3.05, 3.63) is 76.0 Å². The summed E-state index contributed by atoms with van der Waals surface area (Å²) in [6.45, 7) is 0. The molecular formula is C24H18F4N4O. The smallest absolute Gasteiger partial charge is 0.281 e. The molecule has 9 heteroatoms. The Kier molecular flexibility index (Phi) is 4.87. The van der Waals surface area contributed by atoms with Crippen molar-refractivity contribution in [1.82, 2.24) is 9.97 Å². The van der Waals surface area contributed by atoms with Gasteiger partial charge in [-0.3, -0.25) is 0 Å². The number of alkyl halides is 3. The SMILES string of the molecule is N#Cc1cc(F)cc2c1[C@@H](c1ccc(-c3ncncc3N)c3c1CC(F)(F)[C@H]3O)CC[C@@H]2F. The lowest BCUT2D eigenvalue weighted by Gasteiger charge is -2.31. The molecule has 0 fully saturated rings. The lowest BCUT2D eigenvalue weighted by atomic mass is 9.74. The van der Waals surface area contributed by atoms with Gasteiger partial charge in [-0.1, -0.05) is 12.1 Å². The summed E-state index contributed by atoms with van der Waals surface area (Å²) in [4.78, 5) is 7.92. The van der Waals surface area contributed by atoms with E-state index in [4.69, 9.17) is 5.73 Å². The number of aliphatic hydroxyl groups excluding tert-OH is 1. The van der Waals surface area contributed by atoms with Crippen molar-refractivity contribution in [2.75, 3.05) is 5.73 Å². The summed E-state index contributed by atoms with van der Waals surface area (Å²) in [7, 11) is 0. The number of anilines is 1. The van der Waals surface area contributed by atoms with Crippen LogP contribution < -0.4 is 5.73 Å². The number of hydrogen-bond acceptors (Lipinski definition) is 5. The van der Waals surface area contributed by atoms with Crippen LogP contribution in [0, 0.1) is 17.1 Å². The summed E-state index contributed by atoms with van der Waals surface area (Å²) < 4.78 is 58.2. The first-order valence-corrected chi connectivity index (χ1v) is 10.4. The molecule has 0 unspecified atom stereocenters. The minimum Gasteiger partial charge on any atom is -0.396 e. The second kappa shape index (κ2) is 7.52. The van der Waals surface area contributed by atoms with Gasteiger partial charge in [-0.2, -0.15) is 5.26 Å². The van der Waals surface area contributed by atoms with Crippen LogP contribution in [0.15, 0.2) is 36.8 Å². The maximum Gasteiger partial charge on any atom is 0.281 e. The topological polar surface area (TPSA) is 95.8 Å². The number of nitrogens with zero attached hydrogens (tertiary/aromatic N) is 3. The Hall–Kier alpha value is -3.51. The van der Waals surface area contributed by atoms with Crippen LogP contribution in [0.25, 0.3) is 11.3 Å². The third kappa shape index (κ3) is 3.25. The van der Waals surface area contributed by atoms with E-state index in [-0.39, 0.29) is 52.0 Å². The van der Waals surface area contributed by atoms with Gasteiger partial charge in [-0.15, -0.1) is 0 Å². The van der Waals surface area contributed by atoms with Crippen molar-refractivity contribution in [3.63, 3.8) is 0 Å². The van der Waals surface area contributed by atoms with Crippen molar-refractivity contribution in [2.24, 2.45) is 0 Å². The van der Waals surface area contributed by atoms with Crippen LogP contribution in [0.5, 0.6) is 0 Å². The lowest BCUT2D eigenvalue weighted by molar-refractivity contribution is -0.0966. The Morgan fingerprint density at radius 2 is 1.94 bits per heavy atom. The normalized spacial score (nSPS) is 23.0. The van der Waals surface area contributed by atoms with E-state index in [1.54, 1.807) is 12.1 Å². The molecule has 168 valence electrons. The quantitative estimate of drug-likeness (QED) is 0.537. The van der Waals surface area contributed by atoms with E-state index in [0.29, 0.717) is 11.1 Å². The first-order chi connectivity index (χ1) is 15.7. The number of aliphatic hydroxyl groups is 1. The van der Waals surface area contributed by atoms with Gasteiger partial charge in [-0.05, 0) is 52.8 Å². The Balaban J connectivity index is 1.76. The molecule has 0 radical (unpaired) electrons. The Morgan fingerprint density at radius 3 is 2.67 bits per heavy atom. The van der Waals surface area contributed by atoms with Gasteiger partial charge in [0, 0.05) is 17.9 Å². The summed E-state index contributed by atoms with van der Waals surface area (Å²) in [6.07, 6.45) is -1.40. The molecule has 0 spiro atoms. The van der Waals surface area contributed by atoms with E-state index < -0.39 is 36.4 Å². The fourth-order valence-corrected chi connectivity index (χ4v) is 5.14. The van der Waals surface area contributed by atoms with E-state index in [1.165, 1.54) is 12.5 Å². The predicted molar refractivity (Wildman–Crippen MR) is 112 cm³/mol. The van der Waals surface area contributed by atoms with E-state index >= 15 is 0 Å². The Labute approximate surface area is 186 Å². The second-order valence-corrected chi connectivity index (χ2v) is 8.43. The monoisotopic (exact) mass is 454 g/mol. The number of fused-ring (bicyclic) bond motifs is 2. The van der Waals surface area contributed by atoms with E-state index in [2.05, 4.69) is 9.97 Å². The Morgan fingerprint density at radius 1 is 1.15 bits per heavy atom. The highest BCUT2D eigenvalue weighted by Crippen LogP contribution is 2.53. The molecule has 0 bridgehead atoms. The van der Waals surface area contributed by atoms with Gasteiger partial charge in [0.15, 0.2) is 0 Å². The molecule has 0 saturated heterocycles. The molecule has 5 nitrogen and oxygen atoms in total. The van der Waals surface area contributed by atoms with Crippen LogP contribution in [0.4, 0.5) is 23.2 Å². The molecule has 0 saturated carbocycles. The van der Waals surface area contributed by atoms with Crippen LogP contribution in [0.3, 0.4) is 0 Å². The lowest BCUT2D eigenvalue weighted by Crippen LogP contribution is -2.22. The first kappa shape index (κ1) is 21.3. The molecule has 2 aliphatic rings.